The first-order chi connectivity index (χ1) is 10.1. The van der Waals surface area contributed by atoms with Gasteiger partial charge in [-0.3, -0.25) is 0 Å². The summed E-state index contributed by atoms with van der Waals surface area (Å²) in [5.74, 6) is 1.76. The first kappa shape index (κ1) is 15.5. The van der Waals surface area contributed by atoms with Gasteiger partial charge in [-0.25, -0.2) is 0 Å². The molecule has 0 atom stereocenters. The van der Waals surface area contributed by atoms with Crippen LogP contribution in [0.1, 0.15) is 5.56 Å². The lowest BCUT2D eigenvalue weighted by Crippen LogP contribution is -2.28. The molecule has 2 rings (SSSR count). The van der Waals surface area contributed by atoms with Crippen LogP contribution in [0, 0.1) is 0 Å². The Morgan fingerprint density at radius 1 is 0.810 bits per heavy atom. The van der Waals surface area contributed by atoms with E-state index in [9.17, 15) is 0 Å². The van der Waals surface area contributed by atoms with Crippen molar-refractivity contribution < 1.29 is 4.74 Å². The van der Waals surface area contributed by atoms with Gasteiger partial charge in [0.05, 0.1) is 0 Å². The van der Waals surface area contributed by atoms with E-state index in [-0.39, 0.29) is 0 Å². The fourth-order valence-electron chi connectivity index (χ4n) is 2.09. The van der Waals surface area contributed by atoms with Gasteiger partial charge in [0, 0.05) is 19.6 Å². The van der Waals surface area contributed by atoms with Crippen molar-refractivity contribution >= 4 is 0 Å². The summed E-state index contributed by atoms with van der Waals surface area (Å²) >= 11 is 0. The summed E-state index contributed by atoms with van der Waals surface area (Å²) in [5.41, 5.74) is 1.27. The molecule has 0 aliphatic carbocycles. The number of hydrogen-bond acceptors (Lipinski definition) is 3. The molecule has 0 amide bonds. The second-order valence-corrected chi connectivity index (χ2v) is 5.60. The number of likely N-dealkylation sites (N-methyl/N-ethyl adjacent to an activating group) is 2. The minimum Gasteiger partial charge on any atom is -0.457 e. The minimum absolute atomic E-state index is 0.871. The standard InChI is InChI=1S/C18H24N2O/c1-19(2)12-13-20(3)15-16-8-7-11-18(14-16)21-17-9-5-4-6-10-17/h4-11,14H,12-13,15H2,1-3H3. The van der Waals surface area contributed by atoms with Crippen molar-refractivity contribution in [1.82, 2.24) is 9.80 Å². The third-order valence-electron chi connectivity index (χ3n) is 3.26. The van der Waals surface area contributed by atoms with Gasteiger partial charge in [-0.2, -0.15) is 0 Å². The zero-order valence-corrected chi connectivity index (χ0v) is 13.1. The second-order valence-electron chi connectivity index (χ2n) is 5.60. The van der Waals surface area contributed by atoms with E-state index in [1.807, 2.05) is 42.5 Å². The molecule has 0 radical (unpaired) electrons. The van der Waals surface area contributed by atoms with E-state index in [1.54, 1.807) is 0 Å². The summed E-state index contributed by atoms with van der Waals surface area (Å²) in [7, 11) is 6.35. The average Bonchev–Trinajstić information content (AvgIpc) is 2.46. The lowest BCUT2D eigenvalue weighted by molar-refractivity contribution is 0.276. The van der Waals surface area contributed by atoms with Crippen molar-refractivity contribution in [3.8, 4) is 11.5 Å². The Morgan fingerprint density at radius 2 is 1.52 bits per heavy atom. The first-order valence-electron chi connectivity index (χ1n) is 7.28. The highest BCUT2D eigenvalue weighted by Crippen LogP contribution is 2.22. The fourth-order valence-corrected chi connectivity index (χ4v) is 2.09. The fraction of sp³-hybridized carbons (Fsp3) is 0.333. The van der Waals surface area contributed by atoms with E-state index in [4.69, 9.17) is 4.74 Å². The number of ether oxygens (including phenoxy) is 1. The average molecular weight is 284 g/mol. The van der Waals surface area contributed by atoms with Crippen LogP contribution in [0.5, 0.6) is 11.5 Å². The van der Waals surface area contributed by atoms with Gasteiger partial charge >= 0.3 is 0 Å². The summed E-state index contributed by atoms with van der Waals surface area (Å²) in [6, 6.07) is 18.2. The van der Waals surface area contributed by atoms with Crippen molar-refractivity contribution in [3.05, 3.63) is 60.2 Å². The lowest BCUT2D eigenvalue weighted by atomic mass is 10.2. The third-order valence-corrected chi connectivity index (χ3v) is 3.26. The van der Waals surface area contributed by atoms with Crippen molar-refractivity contribution in [2.75, 3.05) is 34.2 Å². The molecule has 0 saturated heterocycles. The van der Waals surface area contributed by atoms with Gasteiger partial charge in [0.2, 0.25) is 0 Å². The number of para-hydroxylation sites is 1. The van der Waals surface area contributed by atoms with Crippen LogP contribution in [0.25, 0.3) is 0 Å². The van der Waals surface area contributed by atoms with Gasteiger partial charge in [0.15, 0.2) is 0 Å². The van der Waals surface area contributed by atoms with E-state index in [0.717, 1.165) is 31.1 Å². The summed E-state index contributed by atoms with van der Waals surface area (Å²) < 4.78 is 5.87. The Morgan fingerprint density at radius 3 is 2.24 bits per heavy atom. The largest absolute Gasteiger partial charge is 0.457 e. The summed E-state index contributed by atoms with van der Waals surface area (Å²) in [6.07, 6.45) is 0. The number of rotatable bonds is 7. The van der Waals surface area contributed by atoms with E-state index in [0.29, 0.717) is 0 Å². The van der Waals surface area contributed by atoms with E-state index in [1.165, 1.54) is 5.56 Å². The Labute approximate surface area is 127 Å². The van der Waals surface area contributed by atoms with E-state index in [2.05, 4.69) is 43.1 Å². The molecule has 0 bridgehead atoms. The molecule has 0 heterocycles. The molecule has 0 saturated carbocycles. The number of benzene rings is 2. The minimum atomic E-state index is 0.871. The molecule has 0 aromatic heterocycles. The maximum Gasteiger partial charge on any atom is 0.127 e. The van der Waals surface area contributed by atoms with Gasteiger partial charge in [-0.1, -0.05) is 30.3 Å². The highest BCUT2D eigenvalue weighted by Gasteiger charge is 2.03. The van der Waals surface area contributed by atoms with Crippen molar-refractivity contribution in [2.45, 2.75) is 6.54 Å². The van der Waals surface area contributed by atoms with E-state index < -0.39 is 0 Å². The van der Waals surface area contributed by atoms with Crippen LogP contribution < -0.4 is 4.74 Å². The zero-order valence-electron chi connectivity index (χ0n) is 13.1. The molecular weight excluding hydrogens is 260 g/mol. The Bertz CT molecular complexity index is 540. The Balaban J connectivity index is 1.94. The van der Waals surface area contributed by atoms with Crippen LogP contribution >= 0.6 is 0 Å². The highest BCUT2D eigenvalue weighted by atomic mass is 16.5. The molecule has 0 spiro atoms. The highest BCUT2D eigenvalue weighted by molar-refractivity contribution is 5.33. The maximum atomic E-state index is 5.87. The summed E-state index contributed by atoms with van der Waals surface area (Å²) in [4.78, 5) is 4.52. The third kappa shape index (κ3) is 5.58. The van der Waals surface area contributed by atoms with Crippen molar-refractivity contribution in [1.29, 1.82) is 0 Å². The Kier molecular flexibility index (Phi) is 5.78. The predicted octanol–water partition coefficient (Wildman–Crippen LogP) is 3.47. The molecule has 3 nitrogen and oxygen atoms in total. The van der Waals surface area contributed by atoms with Gasteiger partial charge in [0.25, 0.3) is 0 Å². The van der Waals surface area contributed by atoms with Crippen LogP contribution in [-0.4, -0.2) is 44.0 Å². The summed E-state index contributed by atoms with van der Waals surface area (Å²) in [5, 5.41) is 0. The SMILES string of the molecule is CN(C)CCN(C)Cc1cccc(Oc2ccccc2)c1. The molecule has 3 heteroatoms. The van der Waals surface area contributed by atoms with Gasteiger partial charge in [-0.05, 0) is 51.0 Å². The maximum absolute atomic E-state index is 5.87. The van der Waals surface area contributed by atoms with Crippen LogP contribution in [0.15, 0.2) is 54.6 Å². The van der Waals surface area contributed by atoms with Gasteiger partial charge < -0.3 is 14.5 Å². The van der Waals surface area contributed by atoms with Gasteiger partial charge in [0.1, 0.15) is 11.5 Å². The van der Waals surface area contributed by atoms with E-state index >= 15 is 0 Å². The molecule has 21 heavy (non-hydrogen) atoms. The van der Waals surface area contributed by atoms with Crippen molar-refractivity contribution in [3.63, 3.8) is 0 Å². The number of nitrogens with zero attached hydrogens (tertiary/aromatic N) is 2. The monoisotopic (exact) mass is 284 g/mol. The molecule has 0 aliphatic rings. The normalized spacial score (nSPS) is 11.1. The molecule has 112 valence electrons. The van der Waals surface area contributed by atoms with Crippen LogP contribution in [-0.2, 0) is 6.54 Å². The smallest absolute Gasteiger partial charge is 0.127 e. The second kappa shape index (κ2) is 7.81. The molecule has 0 unspecified atom stereocenters. The Hall–Kier alpha value is -1.84. The molecular formula is C18H24N2O. The first-order valence-corrected chi connectivity index (χ1v) is 7.28. The van der Waals surface area contributed by atoms with Crippen LogP contribution in [0.4, 0.5) is 0 Å². The zero-order chi connectivity index (χ0) is 15.1. The molecule has 0 N–H and O–H groups in total. The predicted molar refractivity (Wildman–Crippen MR) is 87.8 cm³/mol. The molecule has 0 aliphatic heterocycles. The molecule has 2 aromatic rings. The van der Waals surface area contributed by atoms with Crippen molar-refractivity contribution in [2.24, 2.45) is 0 Å². The molecule has 2 aromatic carbocycles. The topological polar surface area (TPSA) is 15.7 Å². The van der Waals surface area contributed by atoms with Crippen LogP contribution in [0.3, 0.4) is 0 Å². The lowest BCUT2D eigenvalue weighted by Gasteiger charge is -2.19. The number of hydrogen-bond donors (Lipinski definition) is 0. The van der Waals surface area contributed by atoms with Gasteiger partial charge in [-0.15, -0.1) is 0 Å². The quantitative estimate of drug-likeness (QED) is 0.774. The van der Waals surface area contributed by atoms with Crippen LogP contribution in [0.2, 0.25) is 0 Å². The molecule has 0 fully saturated rings. The summed E-state index contributed by atoms with van der Waals surface area (Å²) in [6.45, 7) is 3.05.